The molecule has 2 heterocycles. The molecule has 140 valence electrons. The number of rotatable bonds is 5. The highest BCUT2D eigenvalue weighted by Gasteiger charge is 2.21. The van der Waals surface area contributed by atoms with Crippen LogP contribution in [0.25, 0.3) is 10.2 Å². The smallest absolute Gasteiger partial charge is 0.230 e. The van der Waals surface area contributed by atoms with E-state index in [9.17, 15) is 4.79 Å². The van der Waals surface area contributed by atoms with Crippen molar-refractivity contribution >= 4 is 39.2 Å². The standard InChI is InChI=1S/C21H23N3OS2/c1-13(15-8-4-3-5-9-15)22-18(25)12-26-20-19-16-10-6-7-11-17(16)27-21(19)24-14(2)23-20/h3-5,8-9,13H,6-7,10-12H2,1-2H3,(H,22,25)/t13-/m0/s1. The first-order valence-electron chi connectivity index (χ1n) is 9.38. The van der Waals surface area contributed by atoms with E-state index in [0.29, 0.717) is 5.75 Å². The van der Waals surface area contributed by atoms with E-state index >= 15 is 0 Å². The van der Waals surface area contributed by atoms with Crippen molar-refractivity contribution in [1.29, 1.82) is 0 Å². The minimum atomic E-state index is 0.000335. The number of aromatic nitrogens is 2. The number of benzene rings is 1. The number of hydrogen-bond donors (Lipinski definition) is 1. The first kappa shape index (κ1) is 18.4. The van der Waals surface area contributed by atoms with Gasteiger partial charge in [0, 0.05) is 10.3 Å². The van der Waals surface area contributed by atoms with Gasteiger partial charge in [-0.2, -0.15) is 0 Å². The first-order valence-corrected chi connectivity index (χ1v) is 11.2. The molecule has 1 amide bonds. The molecule has 1 aliphatic rings. The summed E-state index contributed by atoms with van der Waals surface area (Å²) in [6.45, 7) is 3.94. The fourth-order valence-electron chi connectivity index (χ4n) is 3.57. The van der Waals surface area contributed by atoms with Crippen LogP contribution in [-0.4, -0.2) is 21.6 Å². The van der Waals surface area contributed by atoms with Crippen LogP contribution >= 0.6 is 23.1 Å². The number of amides is 1. The van der Waals surface area contributed by atoms with Gasteiger partial charge in [0.25, 0.3) is 0 Å². The molecule has 4 nitrogen and oxygen atoms in total. The molecule has 0 aliphatic heterocycles. The van der Waals surface area contributed by atoms with Gasteiger partial charge in [0.2, 0.25) is 5.91 Å². The zero-order valence-electron chi connectivity index (χ0n) is 15.6. The maximum Gasteiger partial charge on any atom is 0.230 e. The third-order valence-corrected chi connectivity index (χ3v) is 7.07. The van der Waals surface area contributed by atoms with Crippen LogP contribution in [0.2, 0.25) is 0 Å². The second-order valence-corrected chi connectivity index (χ2v) is 9.00. The molecule has 6 heteroatoms. The van der Waals surface area contributed by atoms with Crippen LogP contribution in [0.4, 0.5) is 0 Å². The topological polar surface area (TPSA) is 54.9 Å². The van der Waals surface area contributed by atoms with E-state index in [1.807, 2.05) is 44.2 Å². The van der Waals surface area contributed by atoms with Gasteiger partial charge in [-0.25, -0.2) is 9.97 Å². The number of carbonyl (C=O) groups excluding carboxylic acids is 1. The van der Waals surface area contributed by atoms with Crippen molar-refractivity contribution in [2.24, 2.45) is 0 Å². The molecule has 1 N–H and O–H groups in total. The summed E-state index contributed by atoms with van der Waals surface area (Å²) in [6, 6.07) is 10.0. The normalized spacial score (nSPS) is 14.7. The zero-order chi connectivity index (χ0) is 18.8. The Morgan fingerprint density at radius 2 is 2.00 bits per heavy atom. The largest absolute Gasteiger partial charge is 0.349 e. The maximum absolute atomic E-state index is 12.5. The summed E-state index contributed by atoms with van der Waals surface area (Å²) < 4.78 is 0. The van der Waals surface area contributed by atoms with Crippen molar-refractivity contribution in [3.63, 3.8) is 0 Å². The predicted octanol–water partition coefficient (Wildman–Crippen LogP) is 4.85. The van der Waals surface area contributed by atoms with Crippen molar-refractivity contribution < 1.29 is 4.79 Å². The lowest BCUT2D eigenvalue weighted by molar-refractivity contribution is -0.119. The quantitative estimate of drug-likeness (QED) is 0.494. The van der Waals surface area contributed by atoms with Crippen molar-refractivity contribution in [2.45, 2.75) is 50.6 Å². The molecule has 4 rings (SSSR count). The first-order chi connectivity index (χ1) is 13.1. The summed E-state index contributed by atoms with van der Waals surface area (Å²) in [5.41, 5.74) is 2.53. The van der Waals surface area contributed by atoms with Gasteiger partial charge in [0.15, 0.2) is 0 Å². The van der Waals surface area contributed by atoms with Crippen LogP contribution in [0.1, 0.15) is 47.6 Å². The fourth-order valence-corrected chi connectivity index (χ4v) is 5.86. The zero-order valence-corrected chi connectivity index (χ0v) is 17.3. The van der Waals surface area contributed by atoms with Crippen molar-refractivity contribution in [2.75, 3.05) is 5.75 Å². The lowest BCUT2D eigenvalue weighted by atomic mass is 9.97. The molecular formula is C21H23N3OS2. The van der Waals surface area contributed by atoms with E-state index < -0.39 is 0 Å². The Bertz CT molecular complexity index is 968. The number of fused-ring (bicyclic) bond motifs is 3. The molecule has 1 aromatic carbocycles. The van der Waals surface area contributed by atoms with Crippen LogP contribution in [0, 0.1) is 6.92 Å². The Hall–Kier alpha value is -1.92. The van der Waals surface area contributed by atoms with Crippen LogP contribution in [0.15, 0.2) is 35.4 Å². The number of thiophene rings is 1. The number of nitrogens with zero attached hydrogens (tertiary/aromatic N) is 2. The SMILES string of the molecule is Cc1nc(SCC(=O)N[C@@H](C)c2ccccc2)c2c3c(sc2n1)CCCC3. The molecule has 0 spiro atoms. The van der Waals surface area contributed by atoms with Crippen LogP contribution in [-0.2, 0) is 17.6 Å². The Balaban J connectivity index is 1.50. The number of thioether (sulfide) groups is 1. The predicted molar refractivity (Wildman–Crippen MR) is 113 cm³/mol. The molecule has 3 aromatic rings. The Kier molecular flexibility index (Phi) is 5.45. The van der Waals surface area contributed by atoms with Gasteiger partial charge in [0.05, 0.1) is 11.8 Å². The Morgan fingerprint density at radius 3 is 2.81 bits per heavy atom. The van der Waals surface area contributed by atoms with Gasteiger partial charge >= 0.3 is 0 Å². The van der Waals surface area contributed by atoms with E-state index in [1.54, 1.807) is 11.3 Å². The lowest BCUT2D eigenvalue weighted by Gasteiger charge is -2.14. The summed E-state index contributed by atoms with van der Waals surface area (Å²) >= 11 is 3.34. The summed E-state index contributed by atoms with van der Waals surface area (Å²) in [5.74, 6) is 1.18. The molecule has 0 radical (unpaired) electrons. The van der Waals surface area contributed by atoms with E-state index in [1.165, 1.54) is 40.4 Å². The van der Waals surface area contributed by atoms with Crippen LogP contribution in [0.3, 0.4) is 0 Å². The molecule has 0 fully saturated rings. The highest BCUT2D eigenvalue weighted by atomic mass is 32.2. The fraction of sp³-hybridized carbons (Fsp3) is 0.381. The molecule has 0 unspecified atom stereocenters. The molecule has 1 aliphatic carbocycles. The molecule has 0 bridgehead atoms. The second-order valence-electron chi connectivity index (χ2n) is 6.96. The molecule has 2 aromatic heterocycles. The number of carbonyl (C=O) groups is 1. The van der Waals surface area contributed by atoms with Gasteiger partial charge in [-0.3, -0.25) is 4.79 Å². The van der Waals surface area contributed by atoms with Gasteiger partial charge in [-0.15, -0.1) is 11.3 Å². The summed E-state index contributed by atoms with van der Waals surface area (Å²) in [7, 11) is 0. The maximum atomic E-state index is 12.5. The third kappa shape index (κ3) is 4.01. The summed E-state index contributed by atoms with van der Waals surface area (Å²) in [5, 5.41) is 5.23. The van der Waals surface area contributed by atoms with Crippen molar-refractivity contribution in [1.82, 2.24) is 15.3 Å². The van der Waals surface area contributed by atoms with Gasteiger partial charge in [0.1, 0.15) is 15.7 Å². The van der Waals surface area contributed by atoms with Gasteiger partial charge < -0.3 is 5.32 Å². The average Bonchev–Trinajstić information content (AvgIpc) is 3.05. The molecule has 27 heavy (non-hydrogen) atoms. The Morgan fingerprint density at radius 1 is 1.22 bits per heavy atom. The number of nitrogens with one attached hydrogen (secondary N) is 1. The average molecular weight is 398 g/mol. The van der Waals surface area contributed by atoms with Crippen LogP contribution < -0.4 is 5.32 Å². The van der Waals surface area contributed by atoms with Gasteiger partial charge in [-0.1, -0.05) is 42.1 Å². The highest BCUT2D eigenvalue weighted by Crippen LogP contribution is 2.39. The molecule has 0 saturated carbocycles. The van der Waals surface area contributed by atoms with E-state index in [-0.39, 0.29) is 11.9 Å². The number of aryl methyl sites for hydroxylation is 3. The lowest BCUT2D eigenvalue weighted by Crippen LogP contribution is -2.28. The third-order valence-electron chi connectivity index (χ3n) is 4.91. The molecular weight excluding hydrogens is 374 g/mol. The molecule has 1 atom stereocenters. The van der Waals surface area contributed by atoms with E-state index in [0.717, 1.165) is 34.1 Å². The highest BCUT2D eigenvalue weighted by molar-refractivity contribution is 8.00. The van der Waals surface area contributed by atoms with Gasteiger partial charge in [-0.05, 0) is 50.7 Å². The summed E-state index contributed by atoms with van der Waals surface area (Å²) in [4.78, 5) is 24.3. The summed E-state index contributed by atoms with van der Waals surface area (Å²) in [6.07, 6.45) is 4.74. The number of hydrogen-bond acceptors (Lipinski definition) is 5. The van der Waals surface area contributed by atoms with E-state index in [2.05, 4.69) is 15.3 Å². The van der Waals surface area contributed by atoms with Crippen LogP contribution in [0.5, 0.6) is 0 Å². The van der Waals surface area contributed by atoms with Crippen molar-refractivity contribution in [3.8, 4) is 0 Å². The minimum absolute atomic E-state index is 0.000335. The Labute approximate surface area is 167 Å². The van der Waals surface area contributed by atoms with Crippen molar-refractivity contribution in [3.05, 3.63) is 52.2 Å². The van der Waals surface area contributed by atoms with E-state index in [4.69, 9.17) is 0 Å². The monoisotopic (exact) mass is 397 g/mol. The molecule has 0 saturated heterocycles. The minimum Gasteiger partial charge on any atom is -0.349 e. The second kappa shape index (κ2) is 7.98.